The molecule has 5 nitrogen and oxygen atoms in total. The zero-order valence-electron chi connectivity index (χ0n) is 10.8. The topological polar surface area (TPSA) is 62.4 Å². The van der Waals surface area contributed by atoms with Gasteiger partial charge in [0.25, 0.3) is 5.89 Å². The van der Waals surface area contributed by atoms with Crippen molar-refractivity contribution in [2.45, 2.75) is 25.5 Å². The van der Waals surface area contributed by atoms with Gasteiger partial charge >= 0.3 is 0 Å². The Hall–Kier alpha value is -1.24. The Labute approximate surface area is 115 Å². The second-order valence-electron chi connectivity index (χ2n) is 5.13. The van der Waals surface area contributed by atoms with Crippen LogP contribution in [0.1, 0.15) is 18.7 Å². The van der Waals surface area contributed by atoms with Gasteiger partial charge in [-0.15, -0.1) is 0 Å². The van der Waals surface area contributed by atoms with Gasteiger partial charge < -0.3 is 9.63 Å². The molecular weight excluding hydrogens is 262 g/mol. The van der Waals surface area contributed by atoms with Crippen molar-refractivity contribution in [3.8, 4) is 11.5 Å². The van der Waals surface area contributed by atoms with E-state index in [9.17, 15) is 5.11 Å². The summed E-state index contributed by atoms with van der Waals surface area (Å²) in [6.45, 7) is 1.25. The minimum Gasteiger partial charge on any atom is -0.392 e. The van der Waals surface area contributed by atoms with Crippen molar-refractivity contribution in [1.82, 2.24) is 15.0 Å². The molecule has 1 fully saturated rings. The maximum Gasteiger partial charge on any atom is 0.258 e. The average Bonchev–Trinajstić information content (AvgIpc) is 2.89. The zero-order chi connectivity index (χ0) is 13.2. The molecule has 0 amide bonds. The number of hydrogen-bond donors (Lipinski definition) is 1. The normalized spacial score (nSPS) is 17.0. The molecule has 1 N–H and O–H groups in total. The fourth-order valence-electron chi connectivity index (χ4n) is 2.08. The number of likely N-dealkylation sites (N-methyl/N-ethyl adjacent to an activating group) is 1. The smallest absolute Gasteiger partial charge is 0.258 e. The maximum atomic E-state index is 9.89. The Bertz CT molecular complexity index is 522. The molecule has 2 aromatic heterocycles. The first-order valence-electron chi connectivity index (χ1n) is 6.44. The first kappa shape index (κ1) is 12.8. The van der Waals surface area contributed by atoms with Gasteiger partial charge in [0.05, 0.1) is 18.2 Å². The predicted molar refractivity (Wildman–Crippen MR) is 72.7 cm³/mol. The molecule has 6 heteroatoms. The zero-order valence-corrected chi connectivity index (χ0v) is 11.6. The fraction of sp³-hybridized carbons (Fsp3) is 0.538. The van der Waals surface area contributed by atoms with Crippen molar-refractivity contribution < 1.29 is 9.63 Å². The summed E-state index contributed by atoms with van der Waals surface area (Å²) in [5, 5.41) is 17.8. The summed E-state index contributed by atoms with van der Waals surface area (Å²) in [7, 11) is 1.96. The molecule has 19 heavy (non-hydrogen) atoms. The van der Waals surface area contributed by atoms with Crippen LogP contribution in [-0.2, 0) is 6.54 Å². The van der Waals surface area contributed by atoms with Crippen LogP contribution in [0.4, 0.5) is 0 Å². The van der Waals surface area contributed by atoms with E-state index in [0.717, 1.165) is 18.4 Å². The van der Waals surface area contributed by atoms with Gasteiger partial charge in [-0.05, 0) is 37.3 Å². The van der Waals surface area contributed by atoms with Crippen LogP contribution in [0.2, 0.25) is 0 Å². The molecule has 0 aliphatic heterocycles. The van der Waals surface area contributed by atoms with Crippen LogP contribution in [0.15, 0.2) is 21.3 Å². The highest BCUT2D eigenvalue weighted by Gasteiger charge is 2.30. The summed E-state index contributed by atoms with van der Waals surface area (Å²) in [5.41, 5.74) is 0.962. The lowest BCUT2D eigenvalue weighted by Gasteiger charge is -2.18. The van der Waals surface area contributed by atoms with Crippen molar-refractivity contribution >= 4 is 11.3 Å². The van der Waals surface area contributed by atoms with Crippen molar-refractivity contribution in [1.29, 1.82) is 0 Å². The number of rotatable bonds is 6. The Morgan fingerprint density at radius 3 is 3.11 bits per heavy atom. The van der Waals surface area contributed by atoms with Gasteiger partial charge in [0, 0.05) is 11.9 Å². The number of aromatic nitrogens is 2. The minimum absolute atomic E-state index is 0.228. The summed E-state index contributed by atoms with van der Waals surface area (Å²) in [6, 6.07) is 1.96. The molecule has 0 bridgehead atoms. The third kappa shape index (κ3) is 3.20. The molecule has 1 atom stereocenters. The molecule has 2 heterocycles. The summed E-state index contributed by atoms with van der Waals surface area (Å²) in [5.74, 6) is 1.72. The van der Waals surface area contributed by atoms with Crippen molar-refractivity contribution in [2.75, 3.05) is 13.6 Å². The second kappa shape index (κ2) is 5.40. The third-order valence-electron chi connectivity index (χ3n) is 3.31. The van der Waals surface area contributed by atoms with Gasteiger partial charge in [-0.2, -0.15) is 16.3 Å². The Morgan fingerprint density at radius 1 is 1.58 bits per heavy atom. The van der Waals surface area contributed by atoms with E-state index in [2.05, 4.69) is 10.1 Å². The molecule has 0 spiro atoms. The van der Waals surface area contributed by atoms with Gasteiger partial charge in [-0.25, -0.2) is 0 Å². The average molecular weight is 279 g/mol. The van der Waals surface area contributed by atoms with Gasteiger partial charge in [0.1, 0.15) is 0 Å². The Morgan fingerprint density at radius 2 is 2.42 bits per heavy atom. The van der Waals surface area contributed by atoms with Gasteiger partial charge in [-0.1, -0.05) is 5.16 Å². The van der Waals surface area contributed by atoms with Crippen molar-refractivity contribution in [2.24, 2.45) is 5.92 Å². The van der Waals surface area contributed by atoms with Crippen LogP contribution in [0.25, 0.3) is 11.5 Å². The van der Waals surface area contributed by atoms with E-state index in [-0.39, 0.29) is 6.10 Å². The third-order valence-corrected chi connectivity index (χ3v) is 4.00. The molecular formula is C13H17N3O2S. The van der Waals surface area contributed by atoms with E-state index in [1.165, 1.54) is 0 Å². The summed E-state index contributed by atoms with van der Waals surface area (Å²) in [4.78, 5) is 6.40. The van der Waals surface area contributed by atoms with E-state index in [1.54, 1.807) is 11.3 Å². The van der Waals surface area contributed by atoms with Gasteiger partial charge in [-0.3, -0.25) is 4.90 Å². The highest BCUT2D eigenvalue weighted by molar-refractivity contribution is 7.08. The standard InChI is InChI=1S/C13H17N3O2S/c1-16(6-11(17)9-2-3-9)7-12-14-13(18-15-12)10-4-5-19-8-10/h4-5,8-9,11,17H,2-3,6-7H2,1H3. The lowest BCUT2D eigenvalue weighted by Crippen LogP contribution is -2.30. The molecule has 2 aromatic rings. The monoisotopic (exact) mass is 279 g/mol. The van der Waals surface area contributed by atoms with Crippen LogP contribution in [0, 0.1) is 5.92 Å². The fourth-order valence-corrected chi connectivity index (χ4v) is 2.71. The molecule has 0 aromatic carbocycles. The van der Waals surface area contributed by atoms with E-state index in [4.69, 9.17) is 4.52 Å². The van der Waals surface area contributed by atoms with Crippen molar-refractivity contribution in [3.05, 3.63) is 22.7 Å². The number of hydrogen-bond acceptors (Lipinski definition) is 6. The molecule has 1 aliphatic carbocycles. The van der Waals surface area contributed by atoms with Crippen LogP contribution < -0.4 is 0 Å². The highest BCUT2D eigenvalue weighted by Crippen LogP contribution is 2.32. The quantitative estimate of drug-likeness (QED) is 0.876. The maximum absolute atomic E-state index is 9.89. The minimum atomic E-state index is -0.228. The lowest BCUT2D eigenvalue weighted by molar-refractivity contribution is 0.103. The van der Waals surface area contributed by atoms with E-state index < -0.39 is 0 Å². The first-order chi connectivity index (χ1) is 9.22. The molecule has 1 aliphatic rings. The van der Waals surface area contributed by atoms with Gasteiger partial charge in [0.15, 0.2) is 5.82 Å². The second-order valence-corrected chi connectivity index (χ2v) is 5.91. The first-order valence-corrected chi connectivity index (χ1v) is 7.38. The molecule has 0 saturated heterocycles. The number of aliphatic hydroxyl groups excluding tert-OH is 1. The van der Waals surface area contributed by atoms with E-state index in [0.29, 0.717) is 30.7 Å². The van der Waals surface area contributed by atoms with Crippen LogP contribution in [0.5, 0.6) is 0 Å². The van der Waals surface area contributed by atoms with Crippen molar-refractivity contribution in [3.63, 3.8) is 0 Å². The molecule has 0 radical (unpaired) electrons. The Balaban J connectivity index is 1.57. The van der Waals surface area contributed by atoms with Crippen LogP contribution in [0.3, 0.4) is 0 Å². The summed E-state index contributed by atoms with van der Waals surface area (Å²) < 4.78 is 5.23. The molecule has 102 valence electrons. The van der Waals surface area contributed by atoms with Gasteiger partial charge in [0.2, 0.25) is 0 Å². The highest BCUT2D eigenvalue weighted by atomic mass is 32.1. The largest absolute Gasteiger partial charge is 0.392 e. The number of thiophene rings is 1. The summed E-state index contributed by atoms with van der Waals surface area (Å²) in [6.07, 6.45) is 2.08. The lowest BCUT2D eigenvalue weighted by atomic mass is 10.2. The summed E-state index contributed by atoms with van der Waals surface area (Å²) >= 11 is 1.60. The molecule has 1 unspecified atom stereocenters. The number of nitrogens with zero attached hydrogens (tertiary/aromatic N) is 3. The van der Waals surface area contributed by atoms with E-state index in [1.807, 2.05) is 28.8 Å². The van der Waals surface area contributed by atoms with E-state index >= 15 is 0 Å². The SMILES string of the molecule is CN(Cc1noc(-c2ccsc2)n1)CC(O)C1CC1. The van der Waals surface area contributed by atoms with Crippen LogP contribution in [-0.4, -0.2) is 39.8 Å². The predicted octanol–water partition coefficient (Wildman–Crippen LogP) is 2.00. The number of aliphatic hydroxyl groups is 1. The molecule has 3 rings (SSSR count). The van der Waals surface area contributed by atoms with Crippen LogP contribution >= 0.6 is 11.3 Å². The molecule has 1 saturated carbocycles. The Kier molecular flexibility index (Phi) is 3.63.